The Hall–Kier alpha value is -1.98. The number of anilines is 1. The number of carboxylic acids is 1. The number of aromatic carboxylic acids is 1. The van der Waals surface area contributed by atoms with Crippen molar-refractivity contribution in [2.75, 3.05) is 5.32 Å². The van der Waals surface area contributed by atoms with Gasteiger partial charge in [-0.1, -0.05) is 29.3 Å². The summed E-state index contributed by atoms with van der Waals surface area (Å²) in [5.41, 5.74) is 0.422. The second kappa shape index (κ2) is 5.98. The van der Waals surface area contributed by atoms with Crippen molar-refractivity contribution in [1.29, 1.82) is 0 Å². The predicted molar refractivity (Wildman–Crippen MR) is 76.5 cm³/mol. The second-order valence-corrected chi connectivity index (χ2v) is 4.76. The standard InChI is InChI=1S/C13H10Cl2N2O3/c14-8-3-1-4-9(12(8)15)16-11(18)7-17-6-2-5-10(17)13(19)20/h1-6H,7H2,(H,16,18)(H,19,20). The molecule has 0 radical (unpaired) electrons. The highest BCUT2D eigenvalue weighted by Gasteiger charge is 2.13. The van der Waals surface area contributed by atoms with E-state index in [1.165, 1.54) is 16.8 Å². The van der Waals surface area contributed by atoms with E-state index in [4.69, 9.17) is 28.3 Å². The first kappa shape index (κ1) is 14.4. The smallest absolute Gasteiger partial charge is 0.352 e. The van der Waals surface area contributed by atoms with Crippen LogP contribution in [0.3, 0.4) is 0 Å². The minimum absolute atomic E-state index is 0.0392. The van der Waals surface area contributed by atoms with Crippen LogP contribution >= 0.6 is 23.2 Å². The summed E-state index contributed by atoms with van der Waals surface area (Å²) >= 11 is 11.8. The maximum atomic E-state index is 11.9. The fourth-order valence-electron chi connectivity index (χ4n) is 1.69. The van der Waals surface area contributed by atoms with Crippen molar-refractivity contribution < 1.29 is 14.7 Å². The van der Waals surface area contributed by atoms with Gasteiger partial charge in [-0.15, -0.1) is 0 Å². The lowest BCUT2D eigenvalue weighted by Gasteiger charge is -2.09. The van der Waals surface area contributed by atoms with Crippen molar-refractivity contribution in [1.82, 2.24) is 4.57 Å². The van der Waals surface area contributed by atoms with Gasteiger partial charge in [0.2, 0.25) is 5.91 Å². The zero-order chi connectivity index (χ0) is 14.7. The van der Waals surface area contributed by atoms with Gasteiger partial charge in [0.05, 0.1) is 15.7 Å². The van der Waals surface area contributed by atoms with E-state index in [0.717, 1.165) is 0 Å². The molecule has 104 valence electrons. The van der Waals surface area contributed by atoms with Gasteiger partial charge < -0.3 is 15.0 Å². The highest BCUT2D eigenvalue weighted by Crippen LogP contribution is 2.29. The Bertz CT molecular complexity index is 667. The number of carboxylic acid groups (broad SMARTS) is 1. The molecule has 1 aromatic carbocycles. The molecule has 0 aliphatic rings. The third-order valence-corrected chi connectivity index (χ3v) is 3.41. The summed E-state index contributed by atoms with van der Waals surface area (Å²) in [7, 11) is 0. The maximum absolute atomic E-state index is 11.9. The van der Waals surface area contributed by atoms with Gasteiger partial charge >= 0.3 is 5.97 Å². The molecule has 0 atom stereocenters. The number of aromatic nitrogens is 1. The maximum Gasteiger partial charge on any atom is 0.352 e. The number of halogens is 2. The molecule has 2 rings (SSSR count). The van der Waals surface area contributed by atoms with Crippen LogP contribution in [-0.4, -0.2) is 21.6 Å². The molecule has 1 aromatic heterocycles. The van der Waals surface area contributed by atoms with E-state index in [1.807, 2.05) is 0 Å². The number of hydrogen-bond donors (Lipinski definition) is 2. The van der Waals surface area contributed by atoms with Gasteiger partial charge in [-0.25, -0.2) is 4.79 Å². The fraction of sp³-hybridized carbons (Fsp3) is 0.0769. The van der Waals surface area contributed by atoms with Crippen molar-refractivity contribution in [3.63, 3.8) is 0 Å². The van der Waals surface area contributed by atoms with Crippen molar-refractivity contribution in [3.05, 3.63) is 52.3 Å². The Kier molecular flexibility index (Phi) is 4.32. The van der Waals surface area contributed by atoms with Gasteiger partial charge in [-0.2, -0.15) is 0 Å². The summed E-state index contributed by atoms with van der Waals surface area (Å²) in [6.45, 7) is -0.128. The molecule has 1 amide bonds. The Balaban J connectivity index is 2.11. The molecule has 0 saturated carbocycles. The predicted octanol–water partition coefficient (Wildman–Crippen LogP) is 3.13. The van der Waals surface area contributed by atoms with Gasteiger partial charge in [-0.3, -0.25) is 4.79 Å². The first-order valence-corrected chi connectivity index (χ1v) is 6.37. The molecule has 0 fully saturated rings. The zero-order valence-corrected chi connectivity index (χ0v) is 11.6. The van der Waals surface area contributed by atoms with E-state index in [9.17, 15) is 9.59 Å². The monoisotopic (exact) mass is 312 g/mol. The number of nitrogens with zero attached hydrogens (tertiary/aromatic N) is 1. The number of rotatable bonds is 4. The number of amides is 1. The van der Waals surface area contributed by atoms with E-state index in [0.29, 0.717) is 10.7 Å². The highest BCUT2D eigenvalue weighted by atomic mass is 35.5. The van der Waals surface area contributed by atoms with Gasteiger partial charge in [-0.05, 0) is 24.3 Å². The largest absolute Gasteiger partial charge is 0.477 e. The lowest BCUT2D eigenvalue weighted by Crippen LogP contribution is -2.21. The van der Waals surface area contributed by atoms with Gasteiger partial charge in [0.1, 0.15) is 12.2 Å². The van der Waals surface area contributed by atoms with Crippen molar-refractivity contribution in [3.8, 4) is 0 Å². The SMILES string of the molecule is O=C(Cn1cccc1C(=O)O)Nc1cccc(Cl)c1Cl. The highest BCUT2D eigenvalue weighted by molar-refractivity contribution is 6.43. The van der Waals surface area contributed by atoms with Crippen LogP contribution in [-0.2, 0) is 11.3 Å². The first-order chi connectivity index (χ1) is 9.49. The van der Waals surface area contributed by atoms with Crippen LogP contribution in [0.15, 0.2) is 36.5 Å². The van der Waals surface area contributed by atoms with E-state index >= 15 is 0 Å². The van der Waals surface area contributed by atoms with Crippen molar-refractivity contribution in [2.24, 2.45) is 0 Å². The number of benzene rings is 1. The lowest BCUT2D eigenvalue weighted by molar-refractivity contribution is -0.116. The number of carbonyl (C=O) groups is 2. The van der Waals surface area contributed by atoms with Gasteiger partial charge in [0, 0.05) is 6.20 Å². The Morgan fingerprint density at radius 1 is 1.20 bits per heavy atom. The third-order valence-electron chi connectivity index (χ3n) is 2.59. The van der Waals surface area contributed by atoms with Crippen LogP contribution in [0.1, 0.15) is 10.5 Å². The quantitative estimate of drug-likeness (QED) is 0.911. The average Bonchev–Trinajstić information content (AvgIpc) is 2.83. The van der Waals surface area contributed by atoms with Crippen molar-refractivity contribution >= 4 is 40.8 Å². The molecular weight excluding hydrogens is 303 g/mol. The van der Waals surface area contributed by atoms with Gasteiger partial charge in [0.25, 0.3) is 0 Å². The molecule has 0 aliphatic heterocycles. The fourth-order valence-corrected chi connectivity index (χ4v) is 2.04. The topological polar surface area (TPSA) is 71.3 Å². The molecular formula is C13H10Cl2N2O3. The third kappa shape index (κ3) is 3.12. The summed E-state index contributed by atoms with van der Waals surface area (Å²) < 4.78 is 1.33. The minimum Gasteiger partial charge on any atom is -0.477 e. The van der Waals surface area contributed by atoms with Crippen molar-refractivity contribution in [2.45, 2.75) is 6.54 Å². The number of carbonyl (C=O) groups excluding carboxylic acids is 1. The molecule has 1 heterocycles. The van der Waals surface area contributed by atoms with Crippen LogP contribution in [0, 0.1) is 0 Å². The normalized spacial score (nSPS) is 10.3. The van der Waals surface area contributed by atoms with Crippen LogP contribution in [0.25, 0.3) is 0 Å². The van der Waals surface area contributed by atoms with Crippen LogP contribution < -0.4 is 5.32 Å². The molecule has 0 saturated heterocycles. The molecule has 5 nitrogen and oxygen atoms in total. The Labute approximate surface area is 124 Å². The summed E-state index contributed by atoms with van der Waals surface area (Å²) in [6, 6.07) is 7.85. The van der Waals surface area contributed by atoms with E-state index < -0.39 is 11.9 Å². The Morgan fingerprint density at radius 2 is 1.95 bits per heavy atom. The molecule has 7 heteroatoms. The molecule has 0 bridgehead atoms. The van der Waals surface area contributed by atoms with Crippen LogP contribution in [0.5, 0.6) is 0 Å². The van der Waals surface area contributed by atoms with E-state index in [-0.39, 0.29) is 17.3 Å². The summed E-state index contributed by atoms with van der Waals surface area (Å²) in [5, 5.41) is 12.1. The van der Waals surface area contributed by atoms with E-state index in [2.05, 4.69) is 5.32 Å². The number of hydrogen-bond acceptors (Lipinski definition) is 2. The summed E-state index contributed by atoms with van der Waals surface area (Å²) in [6.07, 6.45) is 1.52. The molecule has 0 unspecified atom stereocenters. The lowest BCUT2D eigenvalue weighted by atomic mass is 10.3. The zero-order valence-electron chi connectivity index (χ0n) is 10.1. The Morgan fingerprint density at radius 3 is 2.65 bits per heavy atom. The molecule has 20 heavy (non-hydrogen) atoms. The molecule has 0 spiro atoms. The molecule has 2 aromatic rings. The van der Waals surface area contributed by atoms with Gasteiger partial charge in [0.15, 0.2) is 0 Å². The summed E-state index contributed by atoms with van der Waals surface area (Å²) in [4.78, 5) is 22.8. The molecule has 0 aliphatic carbocycles. The van der Waals surface area contributed by atoms with Crippen LogP contribution in [0.2, 0.25) is 10.0 Å². The second-order valence-electron chi connectivity index (χ2n) is 3.98. The van der Waals surface area contributed by atoms with Crippen LogP contribution in [0.4, 0.5) is 5.69 Å². The van der Waals surface area contributed by atoms with E-state index in [1.54, 1.807) is 24.3 Å². The minimum atomic E-state index is -1.09. The molecule has 2 N–H and O–H groups in total. The number of nitrogens with one attached hydrogen (secondary N) is 1. The average molecular weight is 313 g/mol. The first-order valence-electron chi connectivity index (χ1n) is 5.61. The summed E-state index contributed by atoms with van der Waals surface area (Å²) in [5.74, 6) is -1.49.